The molecule has 2 aliphatic rings. The van der Waals surface area contributed by atoms with Crippen LogP contribution in [0.3, 0.4) is 0 Å². The van der Waals surface area contributed by atoms with Gasteiger partial charge in [-0.3, -0.25) is 9.59 Å². The monoisotopic (exact) mass is 521 g/mol. The van der Waals surface area contributed by atoms with Gasteiger partial charge in [0.1, 0.15) is 0 Å². The molecule has 2 N–H and O–H groups in total. The summed E-state index contributed by atoms with van der Waals surface area (Å²) in [5, 5.41) is 0. The highest BCUT2D eigenvalue weighted by Gasteiger charge is 2.45. The molecule has 2 unspecified atom stereocenters. The molecule has 1 saturated heterocycles. The lowest BCUT2D eigenvalue weighted by atomic mass is 9.96. The number of halogens is 9. The minimum Gasteiger partial charge on any atom is -0.341 e. The van der Waals surface area contributed by atoms with E-state index in [1.54, 1.807) is 0 Å². The van der Waals surface area contributed by atoms with E-state index in [9.17, 15) is 49.1 Å². The maximum atomic E-state index is 13.3. The largest absolute Gasteiger partial charge is 0.451 e. The lowest BCUT2D eigenvalue weighted by Crippen LogP contribution is -2.50. The lowest BCUT2D eigenvalue weighted by Gasteiger charge is -2.35. The number of piperidine rings is 1. The highest BCUT2D eigenvalue weighted by atomic mass is 19.4. The van der Waals surface area contributed by atoms with Gasteiger partial charge < -0.3 is 15.5 Å². The van der Waals surface area contributed by atoms with Crippen LogP contribution in [-0.4, -0.2) is 63.4 Å². The fourth-order valence-electron chi connectivity index (χ4n) is 4.06. The zero-order valence-electron chi connectivity index (χ0n) is 17.9. The summed E-state index contributed by atoms with van der Waals surface area (Å²) in [5.74, 6) is -5.03. The third-order valence-corrected chi connectivity index (χ3v) is 5.79. The molecule has 0 spiro atoms. The van der Waals surface area contributed by atoms with Gasteiger partial charge in [-0.15, -0.1) is 0 Å². The number of alkyl halides is 9. The highest BCUT2D eigenvalue weighted by molar-refractivity contribution is 5.78. The molecule has 196 valence electrons. The van der Waals surface area contributed by atoms with Crippen molar-refractivity contribution in [2.75, 3.05) is 19.6 Å². The van der Waals surface area contributed by atoms with Crippen LogP contribution in [0.15, 0.2) is 0 Å². The van der Waals surface area contributed by atoms with E-state index in [0.29, 0.717) is 0 Å². The number of rotatable bonds is 4. The first kappa shape index (κ1) is 26.9. The Morgan fingerprint density at radius 2 is 1.69 bits per heavy atom. The Labute approximate surface area is 192 Å². The number of fused-ring (bicyclic) bond motifs is 1. The molecule has 1 fully saturated rings. The van der Waals surface area contributed by atoms with Crippen molar-refractivity contribution in [1.82, 2.24) is 19.8 Å². The topological polar surface area (TPSA) is 92.4 Å². The molecular formula is C19H20F9N5O2. The second kappa shape index (κ2) is 9.43. The van der Waals surface area contributed by atoms with Crippen molar-refractivity contribution in [2.24, 2.45) is 11.7 Å². The maximum Gasteiger partial charge on any atom is 0.451 e. The summed E-state index contributed by atoms with van der Waals surface area (Å²) in [6.45, 7) is -1.91. The molecule has 35 heavy (non-hydrogen) atoms. The van der Waals surface area contributed by atoms with Crippen molar-refractivity contribution in [3.8, 4) is 0 Å². The summed E-state index contributed by atoms with van der Waals surface area (Å²) >= 11 is 0. The van der Waals surface area contributed by atoms with Crippen molar-refractivity contribution in [3.63, 3.8) is 0 Å². The van der Waals surface area contributed by atoms with Gasteiger partial charge in [0.25, 0.3) is 0 Å². The second-order valence-electron chi connectivity index (χ2n) is 8.42. The Balaban J connectivity index is 1.70. The molecule has 2 atom stereocenters. The Morgan fingerprint density at radius 1 is 1.03 bits per heavy atom. The minimum atomic E-state index is -5.25. The third-order valence-electron chi connectivity index (χ3n) is 5.79. The van der Waals surface area contributed by atoms with E-state index in [2.05, 4.69) is 9.97 Å². The Morgan fingerprint density at radius 3 is 2.26 bits per heavy atom. The van der Waals surface area contributed by atoms with Gasteiger partial charge in [-0.25, -0.2) is 9.97 Å². The van der Waals surface area contributed by atoms with E-state index < -0.39 is 91.0 Å². The molecule has 0 radical (unpaired) electrons. The van der Waals surface area contributed by atoms with Crippen LogP contribution in [0.5, 0.6) is 0 Å². The first-order valence-electron chi connectivity index (χ1n) is 10.4. The molecule has 7 nitrogen and oxygen atoms in total. The first-order valence-corrected chi connectivity index (χ1v) is 10.4. The molecule has 3 heterocycles. The molecule has 0 aliphatic carbocycles. The molecule has 2 aliphatic heterocycles. The first-order chi connectivity index (χ1) is 16.0. The van der Waals surface area contributed by atoms with Gasteiger partial charge in [-0.2, -0.15) is 39.5 Å². The van der Waals surface area contributed by atoms with Crippen LogP contribution in [0, 0.1) is 5.92 Å². The molecule has 0 saturated carbocycles. The minimum absolute atomic E-state index is 0.283. The Bertz CT molecular complexity index is 977. The summed E-state index contributed by atoms with van der Waals surface area (Å²) in [6, 6.07) is -1.10. The summed E-state index contributed by atoms with van der Waals surface area (Å²) in [5.41, 5.74) is 2.97. The van der Waals surface area contributed by atoms with E-state index in [4.69, 9.17) is 5.73 Å². The fourth-order valence-corrected chi connectivity index (χ4v) is 4.06. The molecule has 1 aromatic heterocycles. The number of carbonyl (C=O) groups excluding carboxylic acids is 2. The number of hydrogen-bond donors (Lipinski definition) is 1. The standard InChI is InChI=1S/C19H20F9N5O2/c20-17(21,22)9-1-2-13(34)33(6-9)7-10(29)5-14(35)32-4-3-11-12(8-32)30-16(19(26,27)28)31-15(11)18(23,24)25/h9-10H,1-8,29H2. The van der Waals surface area contributed by atoms with Crippen LogP contribution in [-0.2, 0) is 34.9 Å². The van der Waals surface area contributed by atoms with Gasteiger partial charge in [0, 0.05) is 44.1 Å². The molecule has 16 heteroatoms. The smallest absolute Gasteiger partial charge is 0.341 e. The Kier molecular flexibility index (Phi) is 7.26. The van der Waals surface area contributed by atoms with Crippen LogP contribution in [0.25, 0.3) is 0 Å². The van der Waals surface area contributed by atoms with Crippen molar-refractivity contribution >= 4 is 11.8 Å². The average Bonchev–Trinajstić information content (AvgIpc) is 2.71. The van der Waals surface area contributed by atoms with E-state index in [0.717, 1.165) is 9.80 Å². The summed E-state index contributed by atoms with van der Waals surface area (Å²) in [7, 11) is 0. The maximum absolute atomic E-state index is 13.3. The molecule has 0 aromatic carbocycles. The summed E-state index contributed by atoms with van der Waals surface area (Å²) < 4.78 is 118. The van der Waals surface area contributed by atoms with Crippen molar-refractivity contribution in [1.29, 1.82) is 0 Å². The summed E-state index contributed by atoms with van der Waals surface area (Å²) in [6.07, 6.45) is -16.6. The van der Waals surface area contributed by atoms with Crippen molar-refractivity contribution in [3.05, 3.63) is 22.8 Å². The van der Waals surface area contributed by atoms with Gasteiger partial charge >= 0.3 is 18.5 Å². The third kappa shape index (κ3) is 6.32. The number of amides is 2. The number of aromatic nitrogens is 2. The number of nitrogens with zero attached hydrogens (tertiary/aromatic N) is 4. The zero-order chi connectivity index (χ0) is 26.3. The SMILES string of the molecule is NC(CC(=O)N1CCc2c(nc(C(F)(F)F)nc2C(F)(F)F)C1)CN1CC(C(F)(F)F)CCC1=O. The van der Waals surface area contributed by atoms with Crippen molar-refractivity contribution in [2.45, 2.75) is 56.8 Å². The number of carbonyl (C=O) groups is 2. The van der Waals surface area contributed by atoms with Crippen LogP contribution in [0.1, 0.15) is 42.0 Å². The van der Waals surface area contributed by atoms with E-state index in [1.165, 1.54) is 0 Å². The van der Waals surface area contributed by atoms with E-state index in [1.807, 2.05) is 0 Å². The second-order valence-corrected chi connectivity index (χ2v) is 8.42. The predicted octanol–water partition coefficient (Wildman–Crippen LogP) is 2.92. The van der Waals surface area contributed by atoms with Crippen LogP contribution >= 0.6 is 0 Å². The quantitative estimate of drug-likeness (QED) is 0.616. The molecular weight excluding hydrogens is 501 g/mol. The molecule has 3 rings (SSSR count). The number of nitrogens with two attached hydrogens (primary N) is 1. The highest BCUT2D eigenvalue weighted by Crippen LogP contribution is 2.37. The molecule has 0 bridgehead atoms. The molecule has 1 aromatic rings. The summed E-state index contributed by atoms with van der Waals surface area (Å²) in [4.78, 5) is 32.3. The van der Waals surface area contributed by atoms with Crippen LogP contribution in [0.4, 0.5) is 39.5 Å². The molecule has 2 amide bonds. The number of hydrogen-bond acceptors (Lipinski definition) is 5. The number of likely N-dealkylation sites (tertiary alicyclic amines) is 1. The Hall–Kier alpha value is -2.65. The lowest BCUT2D eigenvalue weighted by molar-refractivity contribution is -0.189. The zero-order valence-corrected chi connectivity index (χ0v) is 17.9. The van der Waals surface area contributed by atoms with Crippen LogP contribution in [0.2, 0.25) is 0 Å². The van der Waals surface area contributed by atoms with E-state index in [-0.39, 0.29) is 25.9 Å². The van der Waals surface area contributed by atoms with Gasteiger partial charge in [0.15, 0.2) is 5.69 Å². The van der Waals surface area contributed by atoms with Crippen LogP contribution < -0.4 is 5.73 Å². The van der Waals surface area contributed by atoms with Gasteiger partial charge in [-0.05, 0) is 12.8 Å². The predicted molar refractivity (Wildman–Crippen MR) is 99.1 cm³/mol. The van der Waals surface area contributed by atoms with Crippen molar-refractivity contribution < 1.29 is 49.1 Å². The van der Waals surface area contributed by atoms with E-state index >= 15 is 0 Å². The fraction of sp³-hybridized carbons (Fsp3) is 0.684. The normalized spacial score (nSPS) is 20.6. The average molecular weight is 521 g/mol. The van der Waals surface area contributed by atoms with Gasteiger partial charge in [0.2, 0.25) is 17.6 Å². The van der Waals surface area contributed by atoms with Gasteiger partial charge in [-0.1, -0.05) is 0 Å². The van der Waals surface area contributed by atoms with Gasteiger partial charge in [0.05, 0.1) is 18.2 Å².